The minimum Gasteiger partial charge on any atom is -0.458 e. The quantitative estimate of drug-likeness (QED) is 0.820. The van der Waals surface area contributed by atoms with E-state index in [2.05, 4.69) is 24.0 Å². The maximum Gasteiger partial charge on any atom is 0.307 e. The number of benzene rings is 1. The van der Waals surface area contributed by atoms with Crippen LogP contribution in [0.25, 0.3) is 0 Å². The van der Waals surface area contributed by atoms with Crippen LogP contribution >= 0.6 is 0 Å². The van der Waals surface area contributed by atoms with Crippen molar-refractivity contribution < 1.29 is 14.6 Å². The molecule has 1 N–H and O–H groups in total. The van der Waals surface area contributed by atoms with Gasteiger partial charge in [0.05, 0.1) is 18.6 Å². The summed E-state index contributed by atoms with van der Waals surface area (Å²) in [6, 6.07) is 10.5. The number of hydrogen-bond donors (Lipinski definition) is 1. The van der Waals surface area contributed by atoms with Crippen LogP contribution in [0.4, 0.5) is 0 Å². The Balaban J connectivity index is 1.83. The average Bonchev–Trinajstić information content (AvgIpc) is 2.82. The molecule has 0 bridgehead atoms. The van der Waals surface area contributed by atoms with E-state index in [0.29, 0.717) is 12.8 Å². The molecule has 4 nitrogen and oxygen atoms in total. The second-order valence-electron chi connectivity index (χ2n) is 5.41. The number of nitrogens with zero attached hydrogens (tertiary/aromatic N) is 1. The Morgan fingerprint density at radius 2 is 2.11 bits per heavy atom. The van der Waals surface area contributed by atoms with Gasteiger partial charge in [-0.3, -0.25) is 9.69 Å². The monoisotopic (exact) mass is 261 g/mol. The summed E-state index contributed by atoms with van der Waals surface area (Å²) in [5.74, 6) is -0.193. The van der Waals surface area contributed by atoms with Gasteiger partial charge in [-0.2, -0.15) is 0 Å². The van der Waals surface area contributed by atoms with Crippen LogP contribution in [0.15, 0.2) is 30.3 Å². The molecule has 2 aliphatic rings. The standard InChI is InChI=1S/C15H19NO3/c1-10(11-5-3-2-4-6-11)16-8-7-13(17)15-12(16)9-14(18)19-15/h2-6,10,12-13,15,17H,7-9H2,1H3/t10-,12?,13-,15?/m1/s1. The number of rotatable bonds is 2. The molecule has 2 saturated heterocycles. The summed E-state index contributed by atoms with van der Waals surface area (Å²) in [7, 11) is 0. The molecule has 0 saturated carbocycles. The summed E-state index contributed by atoms with van der Waals surface area (Å²) in [6.07, 6.45) is 0.174. The number of esters is 1. The van der Waals surface area contributed by atoms with E-state index in [1.807, 2.05) is 18.2 Å². The maximum atomic E-state index is 11.5. The zero-order valence-corrected chi connectivity index (χ0v) is 11.0. The largest absolute Gasteiger partial charge is 0.458 e. The van der Waals surface area contributed by atoms with Gasteiger partial charge in [-0.25, -0.2) is 0 Å². The molecular formula is C15H19NO3. The smallest absolute Gasteiger partial charge is 0.307 e. The third kappa shape index (κ3) is 2.26. The lowest BCUT2D eigenvalue weighted by molar-refractivity contribution is -0.148. The highest BCUT2D eigenvalue weighted by Gasteiger charge is 2.47. The van der Waals surface area contributed by atoms with Crippen LogP contribution in [0.1, 0.15) is 31.4 Å². The number of likely N-dealkylation sites (tertiary alicyclic amines) is 1. The Bertz CT molecular complexity index is 462. The van der Waals surface area contributed by atoms with Gasteiger partial charge in [0, 0.05) is 12.6 Å². The third-order valence-electron chi connectivity index (χ3n) is 4.29. The molecule has 2 heterocycles. The molecule has 102 valence electrons. The topological polar surface area (TPSA) is 49.8 Å². The number of ether oxygens (including phenoxy) is 1. The van der Waals surface area contributed by atoms with Crippen LogP contribution in [0, 0.1) is 0 Å². The zero-order valence-electron chi connectivity index (χ0n) is 11.0. The van der Waals surface area contributed by atoms with Crippen molar-refractivity contribution >= 4 is 5.97 Å². The van der Waals surface area contributed by atoms with Crippen molar-refractivity contribution in [3.8, 4) is 0 Å². The molecule has 19 heavy (non-hydrogen) atoms. The molecule has 1 aromatic rings. The highest BCUT2D eigenvalue weighted by atomic mass is 16.6. The van der Waals surface area contributed by atoms with Crippen molar-refractivity contribution in [2.45, 2.75) is 44.1 Å². The van der Waals surface area contributed by atoms with E-state index in [4.69, 9.17) is 4.74 Å². The maximum absolute atomic E-state index is 11.5. The van der Waals surface area contributed by atoms with E-state index in [9.17, 15) is 9.90 Å². The third-order valence-corrected chi connectivity index (χ3v) is 4.29. The first kappa shape index (κ1) is 12.6. The lowest BCUT2D eigenvalue weighted by Gasteiger charge is -2.41. The Kier molecular flexibility index (Phi) is 3.29. The lowest BCUT2D eigenvalue weighted by Crippen LogP contribution is -2.53. The number of piperidine rings is 1. The molecule has 0 radical (unpaired) electrons. The summed E-state index contributed by atoms with van der Waals surface area (Å²) in [6.45, 7) is 2.95. The van der Waals surface area contributed by atoms with E-state index < -0.39 is 6.10 Å². The van der Waals surface area contributed by atoms with Gasteiger partial charge in [-0.05, 0) is 18.9 Å². The van der Waals surface area contributed by atoms with Crippen molar-refractivity contribution in [2.75, 3.05) is 6.54 Å². The molecule has 0 aromatic heterocycles. The summed E-state index contributed by atoms with van der Waals surface area (Å²) >= 11 is 0. The van der Waals surface area contributed by atoms with E-state index in [1.54, 1.807) is 0 Å². The molecule has 0 amide bonds. The van der Waals surface area contributed by atoms with Crippen LogP contribution < -0.4 is 0 Å². The molecular weight excluding hydrogens is 242 g/mol. The van der Waals surface area contributed by atoms with Gasteiger partial charge in [0.15, 0.2) is 0 Å². The first-order valence-corrected chi connectivity index (χ1v) is 6.85. The normalized spacial score (nSPS) is 32.7. The molecule has 0 spiro atoms. The fourth-order valence-corrected chi connectivity index (χ4v) is 3.22. The summed E-state index contributed by atoms with van der Waals surface area (Å²) in [5.41, 5.74) is 1.23. The van der Waals surface area contributed by atoms with Gasteiger partial charge >= 0.3 is 5.97 Å². The zero-order chi connectivity index (χ0) is 13.4. The van der Waals surface area contributed by atoms with Crippen LogP contribution in [0.3, 0.4) is 0 Å². The van der Waals surface area contributed by atoms with Crippen molar-refractivity contribution in [1.29, 1.82) is 0 Å². The van der Waals surface area contributed by atoms with Crippen LogP contribution in [0.2, 0.25) is 0 Å². The first-order chi connectivity index (χ1) is 9.16. The van der Waals surface area contributed by atoms with Gasteiger partial charge < -0.3 is 9.84 Å². The fourth-order valence-electron chi connectivity index (χ4n) is 3.22. The van der Waals surface area contributed by atoms with E-state index in [1.165, 1.54) is 5.56 Å². The summed E-state index contributed by atoms with van der Waals surface area (Å²) in [4.78, 5) is 13.8. The van der Waals surface area contributed by atoms with Gasteiger partial charge in [0.25, 0.3) is 0 Å². The van der Waals surface area contributed by atoms with E-state index >= 15 is 0 Å². The summed E-state index contributed by atoms with van der Waals surface area (Å²) < 4.78 is 5.26. The van der Waals surface area contributed by atoms with Gasteiger partial charge in [-0.1, -0.05) is 30.3 Å². The molecule has 0 aliphatic carbocycles. The number of hydrogen-bond acceptors (Lipinski definition) is 4. The van der Waals surface area contributed by atoms with Crippen LogP contribution in [-0.4, -0.2) is 40.8 Å². The number of aliphatic hydroxyl groups excluding tert-OH is 1. The second kappa shape index (κ2) is 4.94. The molecule has 2 fully saturated rings. The minimum absolute atomic E-state index is 0.00598. The van der Waals surface area contributed by atoms with E-state index in [0.717, 1.165) is 6.54 Å². The molecule has 4 atom stereocenters. The molecule has 1 aromatic carbocycles. The molecule has 2 aliphatic heterocycles. The molecule has 2 unspecified atom stereocenters. The van der Waals surface area contributed by atoms with Gasteiger partial charge in [0.1, 0.15) is 6.10 Å². The predicted molar refractivity (Wildman–Crippen MR) is 70.5 cm³/mol. The highest BCUT2D eigenvalue weighted by molar-refractivity contribution is 5.73. The molecule has 4 heteroatoms. The Hall–Kier alpha value is -1.39. The van der Waals surface area contributed by atoms with Crippen molar-refractivity contribution in [3.05, 3.63) is 35.9 Å². The summed E-state index contributed by atoms with van der Waals surface area (Å²) in [5, 5.41) is 9.96. The average molecular weight is 261 g/mol. The van der Waals surface area contributed by atoms with Crippen LogP contribution in [0.5, 0.6) is 0 Å². The Morgan fingerprint density at radius 1 is 1.37 bits per heavy atom. The number of carbonyl (C=O) groups excluding carboxylic acids is 1. The van der Waals surface area contributed by atoms with Gasteiger partial charge in [0.2, 0.25) is 0 Å². The second-order valence-corrected chi connectivity index (χ2v) is 5.41. The van der Waals surface area contributed by atoms with Crippen molar-refractivity contribution in [1.82, 2.24) is 4.90 Å². The van der Waals surface area contributed by atoms with Crippen molar-refractivity contribution in [3.63, 3.8) is 0 Å². The number of aliphatic hydroxyl groups is 1. The highest BCUT2D eigenvalue weighted by Crippen LogP contribution is 2.35. The fraction of sp³-hybridized carbons (Fsp3) is 0.533. The number of carbonyl (C=O) groups is 1. The Labute approximate surface area is 113 Å². The van der Waals surface area contributed by atoms with Crippen molar-refractivity contribution in [2.24, 2.45) is 0 Å². The predicted octanol–water partition coefficient (Wildman–Crippen LogP) is 1.50. The minimum atomic E-state index is -0.518. The molecule has 3 rings (SSSR count). The van der Waals surface area contributed by atoms with Crippen LogP contribution in [-0.2, 0) is 9.53 Å². The SMILES string of the molecule is C[C@H](c1ccccc1)N1CC[C@@H](O)C2OC(=O)CC21. The first-order valence-electron chi connectivity index (χ1n) is 6.85. The van der Waals surface area contributed by atoms with E-state index in [-0.39, 0.29) is 24.2 Å². The Morgan fingerprint density at radius 3 is 2.84 bits per heavy atom. The number of fused-ring (bicyclic) bond motifs is 1. The van der Waals surface area contributed by atoms with Gasteiger partial charge in [-0.15, -0.1) is 0 Å². The lowest BCUT2D eigenvalue weighted by atomic mass is 9.92.